The van der Waals surface area contributed by atoms with E-state index in [1.807, 2.05) is 0 Å². The van der Waals surface area contributed by atoms with Crippen molar-refractivity contribution in [1.29, 1.82) is 0 Å². The summed E-state index contributed by atoms with van der Waals surface area (Å²) >= 11 is 1.09. The van der Waals surface area contributed by atoms with Crippen LogP contribution in [0.5, 0.6) is 5.75 Å². The Balaban J connectivity index is 2.23. The molecule has 23 heavy (non-hydrogen) atoms. The van der Waals surface area contributed by atoms with Crippen molar-refractivity contribution in [3.05, 3.63) is 35.2 Å². The minimum atomic E-state index is -4.55. The van der Waals surface area contributed by atoms with Gasteiger partial charge in [0.15, 0.2) is 10.9 Å². The Bertz CT molecular complexity index is 729. The van der Waals surface area contributed by atoms with Gasteiger partial charge < -0.3 is 9.30 Å². The Kier molecular flexibility index (Phi) is 4.98. The van der Waals surface area contributed by atoms with Crippen molar-refractivity contribution >= 4 is 17.5 Å². The number of carbonyl (C=O) groups excluding carboxylic acids is 1. The summed E-state index contributed by atoms with van der Waals surface area (Å²) in [4.78, 5) is 11.4. The van der Waals surface area contributed by atoms with Crippen molar-refractivity contribution < 1.29 is 22.7 Å². The maximum absolute atomic E-state index is 12.7. The van der Waals surface area contributed by atoms with E-state index >= 15 is 0 Å². The molecule has 0 fully saturated rings. The largest absolute Gasteiger partial charge is 0.496 e. The molecule has 0 unspecified atom stereocenters. The fourth-order valence-electron chi connectivity index (χ4n) is 1.94. The van der Waals surface area contributed by atoms with E-state index in [1.165, 1.54) is 21.1 Å². The Labute approximate surface area is 134 Å². The van der Waals surface area contributed by atoms with E-state index in [1.54, 1.807) is 18.2 Å². The number of halogens is 3. The fraction of sp³-hybridized carbons (Fsp3) is 0.357. The van der Waals surface area contributed by atoms with E-state index in [4.69, 9.17) is 4.74 Å². The number of hydrogen-bond acceptors (Lipinski definition) is 5. The van der Waals surface area contributed by atoms with Crippen LogP contribution < -0.4 is 4.74 Å². The summed E-state index contributed by atoms with van der Waals surface area (Å²) in [6, 6.07) is 4.96. The molecule has 0 aliphatic rings. The third-order valence-electron chi connectivity index (χ3n) is 3.13. The zero-order valence-corrected chi connectivity index (χ0v) is 13.5. The molecule has 0 amide bonds. The van der Waals surface area contributed by atoms with Gasteiger partial charge in [0, 0.05) is 23.9 Å². The molecule has 0 aliphatic heterocycles. The molecule has 0 N–H and O–H groups in total. The molecule has 0 radical (unpaired) electrons. The van der Waals surface area contributed by atoms with Gasteiger partial charge in [0.25, 0.3) is 0 Å². The summed E-state index contributed by atoms with van der Waals surface area (Å²) < 4.78 is 44.2. The maximum Gasteiger partial charge on any atom is 0.451 e. The average Bonchev–Trinajstić information content (AvgIpc) is 2.85. The Morgan fingerprint density at radius 2 is 2.04 bits per heavy atom. The molecule has 0 bridgehead atoms. The lowest BCUT2D eigenvalue weighted by molar-refractivity contribution is -0.147. The normalized spacial score (nSPS) is 11.6. The van der Waals surface area contributed by atoms with Gasteiger partial charge in [-0.15, -0.1) is 10.2 Å². The van der Waals surface area contributed by atoms with E-state index in [0.29, 0.717) is 22.6 Å². The number of carbonyl (C=O) groups is 1. The smallest absolute Gasteiger partial charge is 0.451 e. The fourth-order valence-corrected chi connectivity index (χ4v) is 2.83. The number of aromatic nitrogens is 3. The molecule has 0 spiro atoms. The maximum atomic E-state index is 12.7. The highest BCUT2D eigenvalue weighted by atomic mass is 32.2. The van der Waals surface area contributed by atoms with Crippen LogP contribution in [0, 0.1) is 0 Å². The molecule has 0 saturated heterocycles. The Morgan fingerprint density at radius 3 is 2.57 bits per heavy atom. The quantitative estimate of drug-likeness (QED) is 0.614. The molecule has 0 atom stereocenters. The highest BCUT2D eigenvalue weighted by Crippen LogP contribution is 2.32. The number of ketones is 1. The molecule has 1 heterocycles. The minimum Gasteiger partial charge on any atom is -0.496 e. The van der Waals surface area contributed by atoms with Crippen LogP contribution in [0.2, 0.25) is 0 Å². The van der Waals surface area contributed by atoms with E-state index in [2.05, 4.69) is 10.2 Å². The van der Waals surface area contributed by atoms with Gasteiger partial charge in [-0.2, -0.15) is 13.2 Å². The highest BCUT2D eigenvalue weighted by Gasteiger charge is 2.37. The molecule has 1 aromatic heterocycles. The third-order valence-corrected chi connectivity index (χ3v) is 4.20. The van der Waals surface area contributed by atoms with Gasteiger partial charge in [-0.05, 0) is 25.1 Å². The zero-order valence-electron chi connectivity index (χ0n) is 12.6. The van der Waals surface area contributed by atoms with Crippen LogP contribution in [0.1, 0.15) is 28.7 Å². The first kappa shape index (κ1) is 17.3. The Hall–Kier alpha value is -2.03. The SMILES string of the molecule is COc1ccc(C(C)=O)cc1CSc1nnc(C(F)(F)F)n1C. The van der Waals surface area contributed by atoms with Gasteiger partial charge in [0.1, 0.15) is 5.75 Å². The van der Waals surface area contributed by atoms with Crippen LogP contribution in [-0.2, 0) is 19.0 Å². The van der Waals surface area contributed by atoms with Crippen molar-refractivity contribution in [3.8, 4) is 5.75 Å². The molecular formula is C14H14F3N3O2S. The summed E-state index contributed by atoms with van der Waals surface area (Å²) in [5.41, 5.74) is 1.21. The first-order valence-electron chi connectivity index (χ1n) is 6.51. The number of thioether (sulfide) groups is 1. The summed E-state index contributed by atoms with van der Waals surface area (Å²) in [6.07, 6.45) is -4.55. The predicted molar refractivity (Wildman–Crippen MR) is 78.6 cm³/mol. The topological polar surface area (TPSA) is 57.0 Å². The molecule has 0 saturated carbocycles. The van der Waals surface area contributed by atoms with Crippen LogP contribution in [0.15, 0.2) is 23.4 Å². The van der Waals surface area contributed by atoms with Crippen molar-refractivity contribution in [1.82, 2.24) is 14.8 Å². The van der Waals surface area contributed by atoms with Crippen molar-refractivity contribution in [2.75, 3.05) is 7.11 Å². The summed E-state index contributed by atoms with van der Waals surface area (Å²) in [7, 11) is 2.75. The number of alkyl halides is 3. The molecular weight excluding hydrogens is 331 g/mol. The average molecular weight is 345 g/mol. The number of rotatable bonds is 5. The van der Waals surface area contributed by atoms with Crippen LogP contribution in [0.4, 0.5) is 13.2 Å². The van der Waals surface area contributed by atoms with E-state index in [-0.39, 0.29) is 10.9 Å². The zero-order chi connectivity index (χ0) is 17.2. The van der Waals surface area contributed by atoms with Crippen molar-refractivity contribution in [2.45, 2.75) is 24.0 Å². The monoisotopic (exact) mass is 345 g/mol. The second-order valence-corrected chi connectivity index (χ2v) is 5.68. The first-order chi connectivity index (χ1) is 10.7. The first-order valence-corrected chi connectivity index (χ1v) is 7.50. The van der Waals surface area contributed by atoms with Crippen molar-refractivity contribution in [2.24, 2.45) is 7.05 Å². The molecule has 9 heteroatoms. The number of nitrogens with zero attached hydrogens (tertiary/aromatic N) is 3. The summed E-state index contributed by atoms with van der Waals surface area (Å²) in [6.45, 7) is 1.44. The molecule has 2 rings (SSSR count). The highest BCUT2D eigenvalue weighted by molar-refractivity contribution is 7.98. The lowest BCUT2D eigenvalue weighted by Gasteiger charge is -2.10. The number of ether oxygens (including phenoxy) is 1. The number of Topliss-reactive ketones (excluding diaryl/α,β-unsaturated/α-hetero) is 1. The number of benzene rings is 1. The molecule has 2 aromatic rings. The van der Waals surface area contributed by atoms with Crippen LogP contribution in [0.25, 0.3) is 0 Å². The van der Waals surface area contributed by atoms with E-state index in [0.717, 1.165) is 16.3 Å². The minimum absolute atomic E-state index is 0.100. The molecule has 5 nitrogen and oxygen atoms in total. The molecule has 0 aliphatic carbocycles. The van der Waals surface area contributed by atoms with Gasteiger partial charge in [-0.1, -0.05) is 11.8 Å². The summed E-state index contributed by atoms with van der Waals surface area (Å²) in [5, 5.41) is 6.86. The van der Waals surface area contributed by atoms with Crippen molar-refractivity contribution in [3.63, 3.8) is 0 Å². The van der Waals surface area contributed by atoms with E-state index < -0.39 is 12.0 Å². The predicted octanol–water partition coefficient (Wildman–Crippen LogP) is 3.34. The number of methoxy groups -OCH3 is 1. The molecule has 1 aromatic carbocycles. The van der Waals surface area contributed by atoms with Gasteiger partial charge in [0.05, 0.1) is 7.11 Å². The van der Waals surface area contributed by atoms with E-state index in [9.17, 15) is 18.0 Å². The van der Waals surface area contributed by atoms with Crippen LogP contribution in [0.3, 0.4) is 0 Å². The van der Waals surface area contributed by atoms with Crippen LogP contribution >= 0.6 is 11.8 Å². The van der Waals surface area contributed by atoms with Gasteiger partial charge >= 0.3 is 6.18 Å². The second kappa shape index (κ2) is 6.61. The third kappa shape index (κ3) is 3.84. The lowest BCUT2D eigenvalue weighted by atomic mass is 10.1. The standard InChI is InChI=1S/C14H14F3N3O2S/c1-8(21)9-4-5-11(22-3)10(6-9)7-23-13-19-18-12(20(13)2)14(15,16)17/h4-6H,7H2,1-3H3. The lowest BCUT2D eigenvalue weighted by Crippen LogP contribution is -2.12. The van der Waals surface area contributed by atoms with Gasteiger partial charge in [-0.25, -0.2) is 0 Å². The summed E-state index contributed by atoms with van der Waals surface area (Å²) in [5.74, 6) is -0.296. The Morgan fingerprint density at radius 1 is 1.35 bits per heavy atom. The van der Waals surface area contributed by atoms with Crippen LogP contribution in [-0.4, -0.2) is 27.7 Å². The van der Waals surface area contributed by atoms with Gasteiger partial charge in [0.2, 0.25) is 5.82 Å². The molecule has 124 valence electrons. The van der Waals surface area contributed by atoms with Gasteiger partial charge in [-0.3, -0.25) is 4.79 Å². The number of hydrogen-bond donors (Lipinski definition) is 0. The second-order valence-electron chi connectivity index (χ2n) is 4.73.